The van der Waals surface area contributed by atoms with Crippen molar-refractivity contribution >= 4 is 6.09 Å². The molecule has 0 N–H and O–H groups in total. The zero-order chi connectivity index (χ0) is 28.5. The molecule has 11 heteroatoms. The lowest BCUT2D eigenvalue weighted by Gasteiger charge is -2.33. The molecule has 1 aromatic heterocycles. The quantitative estimate of drug-likeness (QED) is 0.491. The normalized spacial score (nSPS) is 17.7. The van der Waals surface area contributed by atoms with E-state index in [1.54, 1.807) is 11.8 Å². The van der Waals surface area contributed by atoms with Crippen LogP contribution in [0.3, 0.4) is 0 Å². The topological polar surface area (TPSA) is 76.9 Å². The van der Waals surface area contributed by atoms with E-state index in [1.807, 2.05) is 44.7 Å². The number of carbonyl (C=O) groups is 1. The fourth-order valence-corrected chi connectivity index (χ4v) is 5.05. The third-order valence-electron chi connectivity index (χ3n) is 7.15. The molecule has 2 aliphatic heterocycles. The molecule has 0 radical (unpaired) electrons. The smallest absolute Gasteiger partial charge is 0.410 e. The van der Waals surface area contributed by atoms with E-state index in [0.29, 0.717) is 43.6 Å². The zero-order valence-electron chi connectivity index (χ0n) is 23.2. The minimum atomic E-state index is -4.60. The van der Waals surface area contributed by atoms with E-state index < -0.39 is 29.9 Å². The number of carbonyl (C=O) groups excluding carboxylic acids is 1. The van der Waals surface area contributed by atoms with E-state index in [9.17, 15) is 22.8 Å². The van der Waals surface area contributed by atoms with Crippen molar-refractivity contribution in [1.82, 2.24) is 19.4 Å². The Morgan fingerprint density at radius 1 is 1.13 bits per heavy atom. The highest BCUT2D eigenvalue weighted by Gasteiger charge is 2.34. The number of alkyl halides is 3. The maximum absolute atomic E-state index is 13.5. The van der Waals surface area contributed by atoms with Crippen LogP contribution in [0.2, 0.25) is 0 Å². The lowest BCUT2D eigenvalue weighted by Crippen LogP contribution is -2.42. The van der Waals surface area contributed by atoms with Crippen molar-refractivity contribution < 1.29 is 27.4 Å². The summed E-state index contributed by atoms with van der Waals surface area (Å²) < 4.78 is 52.4. The van der Waals surface area contributed by atoms with Crippen molar-refractivity contribution in [3.8, 4) is 5.75 Å². The summed E-state index contributed by atoms with van der Waals surface area (Å²) in [6.45, 7) is 10.0. The molecule has 1 saturated heterocycles. The molecule has 1 atom stereocenters. The predicted octanol–water partition coefficient (Wildman–Crippen LogP) is 5.22. The van der Waals surface area contributed by atoms with E-state index in [4.69, 9.17) is 9.47 Å². The molecule has 39 heavy (non-hydrogen) atoms. The first-order valence-electron chi connectivity index (χ1n) is 13.3. The number of hydrogen-bond acceptors (Lipinski definition) is 6. The van der Waals surface area contributed by atoms with Crippen molar-refractivity contribution in [3.63, 3.8) is 0 Å². The second-order valence-corrected chi connectivity index (χ2v) is 11.6. The van der Waals surface area contributed by atoms with Gasteiger partial charge in [0.1, 0.15) is 18.0 Å². The molecule has 1 aromatic carbocycles. The van der Waals surface area contributed by atoms with Gasteiger partial charge in [-0.05, 0) is 64.5 Å². The van der Waals surface area contributed by atoms with E-state index >= 15 is 0 Å². The Hall–Kier alpha value is -3.08. The molecule has 1 amide bonds. The molecular formula is C28H37F3N4O4. The second-order valence-electron chi connectivity index (χ2n) is 11.6. The van der Waals surface area contributed by atoms with Gasteiger partial charge in [-0.2, -0.15) is 13.2 Å². The van der Waals surface area contributed by atoms with Crippen molar-refractivity contribution in [2.75, 3.05) is 19.7 Å². The van der Waals surface area contributed by atoms with Crippen LogP contribution >= 0.6 is 0 Å². The highest BCUT2D eigenvalue weighted by atomic mass is 19.4. The molecule has 8 nitrogen and oxygen atoms in total. The first kappa shape index (κ1) is 28.9. The van der Waals surface area contributed by atoms with Gasteiger partial charge in [-0.3, -0.25) is 14.3 Å². The molecule has 1 unspecified atom stereocenters. The van der Waals surface area contributed by atoms with Crippen molar-refractivity contribution in [1.29, 1.82) is 0 Å². The molecule has 2 aliphatic rings. The standard InChI is InChI=1S/C28H37F3N4O4/c1-18-6-7-21-14-34(15-22(21)12-18)19(2)24-32-13-23(25(36)35(24)17-28(29,30)31)38-16-20-8-10-33(11-9-20)26(37)39-27(3,4)5/h6-7,12-13,19-20H,8-11,14-17H2,1-5H3. The third kappa shape index (κ3) is 7.32. The maximum atomic E-state index is 13.5. The minimum Gasteiger partial charge on any atom is -0.486 e. The number of piperidine rings is 1. The Bertz CT molecular complexity index is 1250. The van der Waals surface area contributed by atoms with Gasteiger partial charge in [-0.1, -0.05) is 23.8 Å². The van der Waals surface area contributed by atoms with Crippen molar-refractivity contribution in [3.05, 3.63) is 57.3 Å². The number of rotatable bonds is 6. The van der Waals surface area contributed by atoms with Gasteiger partial charge in [0.05, 0.1) is 18.8 Å². The number of benzene rings is 1. The third-order valence-corrected chi connectivity index (χ3v) is 7.15. The number of fused-ring (bicyclic) bond motifs is 1. The van der Waals surface area contributed by atoms with Gasteiger partial charge in [0.25, 0.3) is 5.56 Å². The van der Waals surface area contributed by atoms with Gasteiger partial charge >= 0.3 is 12.3 Å². The maximum Gasteiger partial charge on any atom is 0.410 e. The van der Waals surface area contributed by atoms with Crippen LogP contribution in [0.15, 0.2) is 29.2 Å². The van der Waals surface area contributed by atoms with Gasteiger partial charge < -0.3 is 14.4 Å². The Balaban J connectivity index is 1.44. The molecule has 4 rings (SSSR count). The van der Waals surface area contributed by atoms with E-state index in [2.05, 4.69) is 11.1 Å². The summed E-state index contributed by atoms with van der Waals surface area (Å²) in [7, 11) is 0. The largest absolute Gasteiger partial charge is 0.486 e. The number of halogens is 3. The van der Waals surface area contributed by atoms with Crippen LogP contribution in [0.1, 0.15) is 69.1 Å². The highest BCUT2D eigenvalue weighted by Crippen LogP contribution is 2.32. The molecule has 214 valence electrons. The summed E-state index contributed by atoms with van der Waals surface area (Å²) in [4.78, 5) is 33.4. The summed E-state index contributed by atoms with van der Waals surface area (Å²) in [5, 5.41) is 0. The first-order chi connectivity index (χ1) is 18.2. The Kier molecular flexibility index (Phi) is 8.30. The molecular weight excluding hydrogens is 513 g/mol. The Morgan fingerprint density at radius 3 is 2.44 bits per heavy atom. The summed E-state index contributed by atoms with van der Waals surface area (Å²) in [5.74, 6) is -0.103. The van der Waals surface area contributed by atoms with Gasteiger partial charge in [0.15, 0.2) is 0 Å². The average Bonchev–Trinajstić information content (AvgIpc) is 3.26. The molecule has 1 fully saturated rings. The van der Waals surface area contributed by atoms with Crippen LogP contribution in [0.5, 0.6) is 5.75 Å². The summed E-state index contributed by atoms with van der Waals surface area (Å²) in [5.41, 5.74) is 1.94. The minimum absolute atomic E-state index is 0.0457. The SMILES string of the molecule is Cc1ccc2c(c1)CN(C(C)c1ncc(OCC3CCN(C(=O)OC(C)(C)C)CC3)c(=O)n1CC(F)(F)F)C2. The number of likely N-dealkylation sites (tertiary alicyclic amines) is 1. The Labute approximate surface area is 226 Å². The summed E-state index contributed by atoms with van der Waals surface area (Å²) in [6, 6.07) is 5.60. The lowest BCUT2D eigenvalue weighted by atomic mass is 9.98. The van der Waals surface area contributed by atoms with Crippen LogP contribution in [0.4, 0.5) is 18.0 Å². The van der Waals surface area contributed by atoms with Crippen LogP contribution < -0.4 is 10.3 Å². The lowest BCUT2D eigenvalue weighted by molar-refractivity contribution is -0.142. The first-order valence-corrected chi connectivity index (χ1v) is 13.3. The zero-order valence-corrected chi connectivity index (χ0v) is 23.2. The molecule has 0 bridgehead atoms. The number of aryl methyl sites for hydroxylation is 1. The van der Waals surface area contributed by atoms with Crippen molar-refractivity contribution in [2.45, 2.75) is 84.9 Å². The molecule has 2 aromatic rings. The van der Waals surface area contributed by atoms with Gasteiger partial charge in [-0.15, -0.1) is 0 Å². The van der Waals surface area contributed by atoms with Gasteiger partial charge in [0, 0.05) is 26.2 Å². The van der Waals surface area contributed by atoms with E-state index in [1.165, 1.54) is 6.20 Å². The fraction of sp³-hybridized carbons (Fsp3) is 0.607. The Morgan fingerprint density at radius 2 is 1.79 bits per heavy atom. The molecule has 0 saturated carbocycles. The van der Waals surface area contributed by atoms with Crippen LogP contribution in [-0.2, 0) is 24.4 Å². The summed E-state index contributed by atoms with van der Waals surface area (Å²) >= 11 is 0. The van der Waals surface area contributed by atoms with Crippen LogP contribution in [0, 0.1) is 12.8 Å². The fourth-order valence-electron chi connectivity index (χ4n) is 5.05. The van der Waals surface area contributed by atoms with Crippen molar-refractivity contribution in [2.24, 2.45) is 5.92 Å². The monoisotopic (exact) mass is 550 g/mol. The molecule has 0 aliphatic carbocycles. The number of hydrogen-bond donors (Lipinski definition) is 0. The van der Waals surface area contributed by atoms with E-state index in [-0.39, 0.29) is 30.2 Å². The number of nitrogens with zero attached hydrogens (tertiary/aromatic N) is 4. The average molecular weight is 551 g/mol. The second kappa shape index (κ2) is 11.2. The predicted molar refractivity (Wildman–Crippen MR) is 139 cm³/mol. The summed E-state index contributed by atoms with van der Waals surface area (Å²) in [6.07, 6.45) is -2.47. The van der Waals surface area contributed by atoms with Gasteiger partial charge in [0.2, 0.25) is 5.75 Å². The number of amides is 1. The van der Waals surface area contributed by atoms with Crippen LogP contribution in [-0.4, -0.2) is 56.9 Å². The molecule has 3 heterocycles. The number of ether oxygens (including phenoxy) is 2. The van der Waals surface area contributed by atoms with Gasteiger partial charge in [-0.25, -0.2) is 9.78 Å². The highest BCUT2D eigenvalue weighted by molar-refractivity contribution is 5.68. The van der Waals surface area contributed by atoms with Crippen LogP contribution in [0.25, 0.3) is 0 Å². The van der Waals surface area contributed by atoms with E-state index in [0.717, 1.165) is 16.7 Å². The number of aromatic nitrogens is 2. The molecule has 0 spiro atoms.